The fraction of sp³-hybridized carbons (Fsp3) is 0.367. The van der Waals surface area contributed by atoms with Crippen LogP contribution in [0.2, 0.25) is 5.02 Å². The maximum Gasteiger partial charge on any atom is 0.253 e. The first-order valence-electron chi connectivity index (χ1n) is 21.9. The summed E-state index contributed by atoms with van der Waals surface area (Å²) in [6.07, 6.45) is 5.09. The number of hydrogen-bond acceptors (Lipinski definition) is 8. The van der Waals surface area contributed by atoms with E-state index in [1.54, 1.807) is 4.68 Å². The summed E-state index contributed by atoms with van der Waals surface area (Å²) in [6.45, 7) is 17.4. The Bertz CT molecular complexity index is 3100. The standard InChI is InChI=1S/C49H56ClN9O6/c1-26-16-28(3)53-48(62)39(26)21-51-46(60)37-19-36-18-34(23-59(36)45(31(37)6)33(8)65-25-35-10-12-56(9)55-35)43-24-57(14-15-64-43)32(7)44-30(5)38(20-42-41(50)11-13-58(42)44)47(61)52-22-40-27(2)17-29(4)54-49(40)63/h10-13,16-20,23,32-33,43H,14-15,21-22,24-25H2,1-9H3,(H,51,60)(H,52,61)(H,53,62)(H,54,63). The molecule has 340 valence electrons. The number of nitrogens with zero attached hydrogens (tertiary/aromatic N) is 5. The summed E-state index contributed by atoms with van der Waals surface area (Å²) in [7, 11) is 1.86. The third-order valence-electron chi connectivity index (χ3n) is 12.8. The summed E-state index contributed by atoms with van der Waals surface area (Å²) < 4.78 is 18.8. The smallest absolute Gasteiger partial charge is 0.253 e. The van der Waals surface area contributed by atoms with Crippen LogP contribution in [-0.2, 0) is 36.2 Å². The molecule has 15 nitrogen and oxygen atoms in total. The topological polar surface area (TPSA) is 172 Å². The van der Waals surface area contributed by atoms with E-state index in [0.717, 1.165) is 61.8 Å². The van der Waals surface area contributed by atoms with Crippen molar-refractivity contribution < 1.29 is 19.1 Å². The molecule has 1 fully saturated rings. The largest absolute Gasteiger partial charge is 0.371 e. The zero-order chi connectivity index (χ0) is 46.4. The summed E-state index contributed by atoms with van der Waals surface area (Å²) in [5, 5.41) is 11.0. The summed E-state index contributed by atoms with van der Waals surface area (Å²) >= 11 is 6.74. The van der Waals surface area contributed by atoms with E-state index in [-0.39, 0.29) is 54.8 Å². The average molecular weight is 902 g/mol. The van der Waals surface area contributed by atoms with Gasteiger partial charge in [-0.05, 0) is 120 Å². The molecule has 1 aliphatic rings. The second kappa shape index (κ2) is 18.3. The van der Waals surface area contributed by atoms with Crippen LogP contribution < -0.4 is 21.8 Å². The molecule has 0 bridgehead atoms. The van der Waals surface area contributed by atoms with Gasteiger partial charge in [-0.3, -0.25) is 28.8 Å². The molecule has 2 amide bonds. The van der Waals surface area contributed by atoms with Crippen molar-refractivity contribution in [3.63, 3.8) is 0 Å². The van der Waals surface area contributed by atoms with E-state index in [2.05, 4.69) is 58.6 Å². The number of hydrogen-bond donors (Lipinski definition) is 4. The number of carbonyl (C=O) groups is 2. The number of ether oxygens (including phenoxy) is 2. The lowest BCUT2D eigenvalue weighted by molar-refractivity contribution is -0.0438. The molecule has 8 heterocycles. The third-order valence-corrected chi connectivity index (χ3v) is 13.1. The van der Waals surface area contributed by atoms with Gasteiger partial charge < -0.3 is 38.9 Å². The van der Waals surface area contributed by atoms with Crippen LogP contribution in [0.4, 0.5) is 0 Å². The van der Waals surface area contributed by atoms with Crippen LogP contribution in [0, 0.1) is 41.5 Å². The van der Waals surface area contributed by atoms with E-state index in [4.69, 9.17) is 21.1 Å². The highest BCUT2D eigenvalue weighted by molar-refractivity contribution is 6.34. The fourth-order valence-electron chi connectivity index (χ4n) is 9.35. The van der Waals surface area contributed by atoms with Crippen LogP contribution in [0.15, 0.2) is 70.6 Å². The Morgan fingerprint density at radius 3 is 2.06 bits per heavy atom. The van der Waals surface area contributed by atoms with E-state index in [9.17, 15) is 19.2 Å². The molecule has 7 aromatic heterocycles. The van der Waals surface area contributed by atoms with Gasteiger partial charge in [-0.2, -0.15) is 5.10 Å². The highest BCUT2D eigenvalue weighted by Crippen LogP contribution is 2.36. The van der Waals surface area contributed by atoms with Gasteiger partial charge in [0.15, 0.2) is 0 Å². The fourth-order valence-corrected chi connectivity index (χ4v) is 9.55. The van der Waals surface area contributed by atoms with Crippen molar-refractivity contribution in [2.75, 3.05) is 19.7 Å². The average Bonchev–Trinajstić information content (AvgIpc) is 3.98. The quantitative estimate of drug-likeness (QED) is 0.0952. The van der Waals surface area contributed by atoms with Crippen LogP contribution >= 0.6 is 11.6 Å². The molecule has 8 rings (SSSR count). The molecule has 0 aliphatic carbocycles. The van der Waals surface area contributed by atoms with Gasteiger partial charge in [-0.15, -0.1) is 0 Å². The SMILES string of the molecule is Cc1cc(C)c(CNC(=O)c2cc3cc(C4CN(C(C)c5c(C)c(C(=O)NCc6c(C)cc(C)[nH]c6=O)cc6c(Cl)ccn56)CCO4)cn3c(C(C)OCc3ccn(C)n3)c2C)c(=O)[nH]1. The number of rotatable bonds is 13. The molecule has 3 atom stereocenters. The lowest BCUT2D eigenvalue weighted by atomic mass is 9.99. The Morgan fingerprint density at radius 2 is 1.46 bits per heavy atom. The Hall–Kier alpha value is -6.26. The number of fused-ring (bicyclic) bond motifs is 2. The molecule has 1 saturated heterocycles. The number of aryl methyl sites for hydroxylation is 5. The Kier molecular flexibility index (Phi) is 12.8. The molecule has 3 unspecified atom stereocenters. The van der Waals surface area contributed by atoms with Gasteiger partial charge in [0.2, 0.25) is 0 Å². The number of nitrogens with one attached hydrogen (secondary N) is 4. The van der Waals surface area contributed by atoms with Crippen LogP contribution in [-0.4, -0.2) is 65.0 Å². The normalized spacial score (nSPS) is 15.4. The first-order chi connectivity index (χ1) is 31.0. The van der Waals surface area contributed by atoms with Crippen molar-refractivity contribution in [1.82, 2.24) is 44.1 Å². The predicted molar refractivity (Wildman–Crippen MR) is 250 cm³/mol. The molecule has 0 spiro atoms. The summed E-state index contributed by atoms with van der Waals surface area (Å²) in [4.78, 5) is 61.6. The van der Waals surface area contributed by atoms with Crippen LogP contribution in [0.25, 0.3) is 11.0 Å². The Labute approximate surface area is 381 Å². The van der Waals surface area contributed by atoms with Crippen molar-refractivity contribution in [2.45, 2.75) is 93.3 Å². The van der Waals surface area contributed by atoms with Gasteiger partial charge in [0, 0.05) is 108 Å². The molecule has 1 aliphatic heterocycles. The monoisotopic (exact) mass is 901 g/mol. The number of aromatic amines is 2. The first-order valence-corrected chi connectivity index (χ1v) is 22.2. The zero-order valence-corrected chi connectivity index (χ0v) is 39.1. The van der Waals surface area contributed by atoms with Crippen molar-refractivity contribution >= 4 is 34.4 Å². The van der Waals surface area contributed by atoms with Gasteiger partial charge in [0.1, 0.15) is 0 Å². The molecule has 65 heavy (non-hydrogen) atoms. The minimum Gasteiger partial charge on any atom is -0.371 e. The number of pyridine rings is 4. The number of aromatic nitrogens is 6. The Balaban J connectivity index is 1.09. The molecule has 4 N–H and O–H groups in total. The first kappa shape index (κ1) is 45.3. The summed E-state index contributed by atoms with van der Waals surface area (Å²) in [6, 6.07) is 13.1. The van der Waals surface area contributed by atoms with Crippen LogP contribution in [0.3, 0.4) is 0 Å². The van der Waals surface area contributed by atoms with Crippen molar-refractivity contribution in [2.24, 2.45) is 7.05 Å². The molecular weight excluding hydrogens is 846 g/mol. The third kappa shape index (κ3) is 9.06. The predicted octanol–water partition coefficient (Wildman–Crippen LogP) is 7.08. The van der Waals surface area contributed by atoms with Crippen molar-refractivity contribution in [1.29, 1.82) is 0 Å². The molecule has 0 saturated carbocycles. The number of halogens is 1. The molecule has 16 heteroatoms. The van der Waals surface area contributed by atoms with Gasteiger partial charge in [0.05, 0.1) is 47.3 Å². The Morgan fingerprint density at radius 1 is 0.846 bits per heavy atom. The number of amides is 2. The van der Waals surface area contributed by atoms with Crippen molar-refractivity contribution in [3.8, 4) is 0 Å². The maximum absolute atomic E-state index is 14.1. The number of H-pyrrole nitrogens is 2. The molecule has 0 radical (unpaired) electrons. The minimum atomic E-state index is -0.441. The molecular formula is C49H56ClN9O6. The van der Waals surface area contributed by atoms with Crippen LogP contribution in [0.5, 0.6) is 0 Å². The highest BCUT2D eigenvalue weighted by atomic mass is 35.5. The second-order valence-corrected chi connectivity index (χ2v) is 17.7. The van der Waals surface area contributed by atoms with E-state index in [0.29, 0.717) is 52.5 Å². The van der Waals surface area contributed by atoms with E-state index in [1.807, 2.05) is 104 Å². The minimum absolute atomic E-state index is 0.0744. The molecule has 7 aromatic rings. The van der Waals surface area contributed by atoms with Gasteiger partial charge >= 0.3 is 0 Å². The van der Waals surface area contributed by atoms with Gasteiger partial charge in [0.25, 0.3) is 22.9 Å². The summed E-state index contributed by atoms with van der Waals surface area (Å²) in [5.41, 5.74) is 11.1. The maximum atomic E-state index is 14.1. The van der Waals surface area contributed by atoms with Crippen molar-refractivity contribution in [3.05, 3.63) is 165 Å². The zero-order valence-electron chi connectivity index (χ0n) is 38.3. The highest BCUT2D eigenvalue weighted by Gasteiger charge is 2.31. The number of morpholine rings is 1. The van der Waals surface area contributed by atoms with Gasteiger partial charge in [-0.25, -0.2) is 0 Å². The van der Waals surface area contributed by atoms with Crippen LogP contribution in [0.1, 0.15) is 120 Å². The molecule has 0 aromatic carbocycles. The van der Waals surface area contributed by atoms with E-state index < -0.39 is 6.10 Å². The van der Waals surface area contributed by atoms with E-state index >= 15 is 0 Å². The lowest BCUT2D eigenvalue weighted by Gasteiger charge is -2.37. The summed E-state index contributed by atoms with van der Waals surface area (Å²) in [5.74, 6) is -0.604. The lowest BCUT2D eigenvalue weighted by Crippen LogP contribution is -2.40. The van der Waals surface area contributed by atoms with E-state index in [1.165, 1.54) is 0 Å². The number of carbonyl (C=O) groups excluding carboxylic acids is 2. The second-order valence-electron chi connectivity index (χ2n) is 17.3. The van der Waals surface area contributed by atoms with Gasteiger partial charge in [-0.1, -0.05) is 11.6 Å².